The van der Waals surface area contributed by atoms with E-state index in [-0.39, 0.29) is 13.2 Å². The maximum absolute atomic E-state index is 9.33. The third kappa shape index (κ3) is 3.30. The molecule has 15 heavy (non-hydrogen) atoms. The molecular formula is C12H18O3. The number of aliphatic hydroxyl groups is 2. The highest BCUT2D eigenvalue weighted by molar-refractivity contribution is 5.16. The molecular weight excluding hydrogens is 192 g/mol. The number of aliphatic hydroxyl groups excluding tert-OH is 2. The van der Waals surface area contributed by atoms with Gasteiger partial charge in [-0.3, -0.25) is 0 Å². The molecule has 1 aromatic rings. The van der Waals surface area contributed by atoms with E-state index < -0.39 is 5.41 Å². The Hall–Kier alpha value is -0.900. The number of rotatable bonds is 6. The van der Waals surface area contributed by atoms with Gasteiger partial charge in [0.1, 0.15) is 0 Å². The van der Waals surface area contributed by atoms with E-state index in [1.165, 1.54) is 0 Å². The third-order valence-electron chi connectivity index (χ3n) is 2.54. The molecule has 0 aliphatic heterocycles. The molecule has 84 valence electrons. The molecule has 0 bridgehead atoms. The van der Waals surface area contributed by atoms with E-state index in [0.717, 1.165) is 5.56 Å². The van der Waals surface area contributed by atoms with Crippen LogP contribution in [-0.2, 0) is 11.2 Å². The summed E-state index contributed by atoms with van der Waals surface area (Å²) in [6.45, 7) is 0.202. The van der Waals surface area contributed by atoms with Crippen LogP contribution in [0.1, 0.15) is 5.56 Å². The Labute approximate surface area is 90.3 Å². The van der Waals surface area contributed by atoms with Gasteiger partial charge >= 0.3 is 0 Å². The van der Waals surface area contributed by atoms with Gasteiger partial charge in [0, 0.05) is 12.5 Å². The quantitative estimate of drug-likeness (QED) is 0.731. The number of benzene rings is 1. The standard InChI is InChI=1S/C12H18O3/c1-15-10-12(8-13,9-14)7-11-5-3-2-4-6-11/h2-6,13-14H,7-10H2,1H3. The Morgan fingerprint density at radius 2 is 1.73 bits per heavy atom. The lowest BCUT2D eigenvalue weighted by atomic mass is 9.84. The summed E-state index contributed by atoms with van der Waals surface area (Å²) in [6, 6.07) is 9.80. The van der Waals surface area contributed by atoms with E-state index >= 15 is 0 Å². The van der Waals surface area contributed by atoms with E-state index in [1.807, 2.05) is 30.3 Å². The van der Waals surface area contributed by atoms with Crippen LogP contribution >= 0.6 is 0 Å². The van der Waals surface area contributed by atoms with Gasteiger partial charge in [0.15, 0.2) is 0 Å². The van der Waals surface area contributed by atoms with Crippen molar-refractivity contribution in [2.45, 2.75) is 6.42 Å². The van der Waals surface area contributed by atoms with Gasteiger partial charge in [-0.1, -0.05) is 30.3 Å². The van der Waals surface area contributed by atoms with Crippen LogP contribution in [0.3, 0.4) is 0 Å². The summed E-state index contributed by atoms with van der Waals surface area (Å²) < 4.78 is 5.04. The van der Waals surface area contributed by atoms with Gasteiger partial charge in [0.05, 0.1) is 19.8 Å². The molecule has 0 atom stereocenters. The van der Waals surface area contributed by atoms with Crippen molar-refractivity contribution in [1.82, 2.24) is 0 Å². The number of ether oxygens (including phenoxy) is 1. The Morgan fingerprint density at radius 3 is 2.20 bits per heavy atom. The van der Waals surface area contributed by atoms with Crippen LogP contribution in [0.25, 0.3) is 0 Å². The minimum atomic E-state index is -0.573. The van der Waals surface area contributed by atoms with Gasteiger partial charge in [-0.25, -0.2) is 0 Å². The number of methoxy groups -OCH3 is 1. The first-order chi connectivity index (χ1) is 7.26. The highest BCUT2D eigenvalue weighted by atomic mass is 16.5. The van der Waals surface area contributed by atoms with Crippen molar-refractivity contribution in [1.29, 1.82) is 0 Å². The molecule has 0 saturated heterocycles. The summed E-state index contributed by atoms with van der Waals surface area (Å²) in [5.41, 5.74) is 0.522. The molecule has 0 aliphatic carbocycles. The van der Waals surface area contributed by atoms with Crippen molar-refractivity contribution in [3.05, 3.63) is 35.9 Å². The van der Waals surface area contributed by atoms with E-state index in [9.17, 15) is 10.2 Å². The molecule has 0 unspecified atom stereocenters. The molecule has 0 spiro atoms. The first-order valence-electron chi connectivity index (χ1n) is 5.01. The van der Waals surface area contributed by atoms with Crippen LogP contribution in [0.4, 0.5) is 0 Å². The fourth-order valence-electron chi connectivity index (χ4n) is 1.64. The van der Waals surface area contributed by atoms with Gasteiger partial charge in [-0.15, -0.1) is 0 Å². The predicted molar refractivity (Wildman–Crippen MR) is 58.6 cm³/mol. The SMILES string of the molecule is COCC(CO)(CO)Cc1ccccc1. The minimum absolute atomic E-state index is 0.0771. The Kier molecular flexibility index (Phi) is 4.75. The molecule has 3 nitrogen and oxygen atoms in total. The molecule has 0 radical (unpaired) electrons. The van der Waals surface area contributed by atoms with E-state index in [1.54, 1.807) is 7.11 Å². The van der Waals surface area contributed by atoms with E-state index in [2.05, 4.69) is 0 Å². The second-order valence-corrected chi connectivity index (χ2v) is 3.91. The molecule has 0 aromatic heterocycles. The van der Waals surface area contributed by atoms with Crippen molar-refractivity contribution in [2.75, 3.05) is 26.9 Å². The van der Waals surface area contributed by atoms with Crippen LogP contribution in [0.2, 0.25) is 0 Å². The molecule has 0 fully saturated rings. The molecule has 0 saturated carbocycles. The van der Waals surface area contributed by atoms with Crippen LogP contribution in [0.5, 0.6) is 0 Å². The van der Waals surface area contributed by atoms with Gasteiger partial charge in [-0.05, 0) is 12.0 Å². The zero-order valence-electron chi connectivity index (χ0n) is 9.02. The largest absolute Gasteiger partial charge is 0.396 e. The molecule has 0 heterocycles. The molecule has 0 amide bonds. The topological polar surface area (TPSA) is 49.7 Å². The van der Waals surface area contributed by atoms with Gasteiger partial charge in [-0.2, -0.15) is 0 Å². The fourth-order valence-corrected chi connectivity index (χ4v) is 1.64. The maximum atomic E-state index is 9.33. The van der Waals surface area contributed by atoms with E-state index in [0.29, 0.717) is 13.0 Å². The lowest BCUT2D eigenvalue weighted by molar-refractivity contribution is -0.0112. The predicted octanol–water partition coefficient (Wildman–Crippen LogP) is 0.847. The number of hydrogen-bond donors (Lipinski definition) is 2. The zero-order valence-corrected chi connectivity index (χ0v) is 9.02. The monoisotopic (exact) mass is 210 g/mol. The van der Waals surface area contributed by atoms with Gasteiger partial charge in [0.2, 0.25) is 0 Å². The third-order valence-corrected chi connectivity index (χ3v) is 2.54. The second kappa shape index (κ2) is 5.85. The smallest absolute Gasteiger partial charge is 0.0566 e. The van der Waals surface area contributed by atoms with Crippen molar-refractivity contribution >= 4 is 0 Å². The highest BCUT2D eigenvalue weighted by Gasteiger charge is 2.29. The Bertz CT molecular complexity index is 267. The van der Waals surface area contributed by atoms with Crippen LogP contribution in [0.15, 0.2) is 30.3 Å². The summed E-state index contributed by atoms with van der Waals surface area (Å²) in [4.78, 5) is 0. The van der Waals surface area contributed by atoms with Crippen LogP contribution < -0.4 is 0 Å². The van der Waals surface area contributed by atoms with E-state index in [4.69, 9.17) is 4.74 Å². The molecule has 1 aromatic carbocycles. The summed E-state index contributed by atoms with van der Waals surface area (Å²) in [6.07, 6.45) is 0.620. The Balaban J connectivity index is 2.74. The average molecular weight is 210 g/mol. The minimum Gasteiger partial charge on any atom is -0.396 e. The normalized spacial score (nSPS) is 11.7. The van der Waals surface area contributed by atoms with Gasteiger partial charge in [0.25, 0.3) is 0 Å². The first-order valence-corrected chi connectivity index (χ1v) is 5.01. The highest BCUT2D eigenvalue weighted by Crippen LogP contribution is 2.22. The molecule has 0 aliphatic rings. The molecule has 1 rings (SSSR count). The van der Waals surface area contributed by atoms with Crippen molar-refractivity contribution in [2.24, 2.45) is 5.41 Å². The van der Waals surface area contributed by atoms with Crippen molar-refractivity contribution in [3.8, 4) is 0 Å². The van der Waals surface area contributed by atoms with Crippen molar-refractivity contribution < 1.29 is 14.9 Å². The molecule has 2 N–H and O–H groups in total. The summed E-state index contributed by atoms with van der Waals surface area (Å²) in [5, 5.41) is 18.7. The number of hydrogen-bond acceptors (Lipinski definition) is 3. The van der Waals surface area contributed by atoms with Gasteiger partial charge < -0.3 is 14.9 Å². The molecule has 3 heteroatoms. The summed E-state index contributed by atoms with van der Waals surface area (Å²) in [5.74, 6) is 0. The fraction of sp³-hybridized carbons (Fsp3) is 0.500. The lowest BCUT2D eigenvalue weighted by Gasteiger charge is -2.28. The lowest BCUT2D eigenvalue weighted by Crippen LogP contribution is -2.37. The second-order valence-electron chi connectivity index (χ2n) is 3.91. The summed E-state index contributed by atoms with van der Waals surface area (Å²) in [7, 11) is 1.57. The van der Waals surface area contributed by atoms with Crippen LogP contribution in [-0.4, -0.2) is 37.1 Å². The average Bonchev–Trinajstić information content (AvgIpc) is 2.30. The summed E-state index contributed by atoms with van der Waals surface area (Å²) >= 11 is 0. The van der Waals surface area contributed by atoms with Crippen molar-refractivity contribution in [3.63, 3.8) is 0 Å². The van der Waals surface area contributed by atoms with Crippen LogP contribution in [0, 0.1) is 5.41 Å². The maximum Gasteiger partial charge on any atom is 0.0566 e. The Morgan fingerprint density at radius 1 is 1.13 bits per heavy atom. The first kappa shape index (κ1) is 12.2. The zero-order chi connectivity index (χ0) is 11.1.